The van der Waals surface area contributed by atoms with Gasteiger partial charge in [-0.15, -0.1) is 0 Å². The van der Waals surface area contributed by atoms with E-state index in [1.807, 2.05) is 0 Å². The van der Waals surface area contributed by atoms with E-state index in [1.54, 1.807) is 20.2 Å². The van der Waals surface area contributed by atoms with Crippen molar-refractivity contribution in [1.82, 2.24) is 9.27 Å². The van der Waals surface area contributed by atoms with Crippen LogP contribution in [-0.4, -0.2) is 29.3 Å². The summed E-state index contributed by atoms with van der Waals surface area (Å²) in [5.74, 6) is 0.347. The van der Waals surface area contributed by atoms with Gasteiger partial charge in [0, 0.05) is 20.2 Å². The van der Waals surface area contributed by atoms with Crippen LogP contribution in [0, 0.1) is 0 Å². The van der Waals surface area contributed by atoms with Gasteiger partial charge in [0.05, 0.1) is 0 Å². The van der Waals surface area contributed by atoms with E-state index in [0.717, 1.165) is 11.5 Å². The van der Waals surface area contributed by atoms with E-state index in [1.165, 1.54) is 4.90 Å². The van der Waals surface area contributed by atoms with Crippen molar-refractivity contribution < 1.29 is 4.79 Å². The van der Waals surface area contributed by atoms with Gasteiger partial charge in [-0.1, -0.05) is 0 Å². The molecule has 1 aromatic rings. The van der Waals surface area contributed by atoms with Gasteiger partial charge in [-0.05, 0) is 11.5 Å². The number of hydrogen-bond acceptors (Lipinski definition) is 4. The molecular formula is C6H9N3OS. The second kappa shape index (κ2) is 2.87. The summed E-state index contributed by atoms with van der Waals surface area (Å²) < 4.78 is 3.79. The molecule has 0 saturated carbocycles. The number of amides is 1. The van der Waals surface area contributed by atoms with E-state index in [4.69, 9.17) is 5.73 Å². The summed E-state index contributed by atoms with van der Waals surface area (Å²) in [6.07, 6.45) is 0. The molecule has 4 nitrogen and oxygen atoms in total. The Morgan fingerprint density at radius 3 is 2.73 bits per heavy atom. The average Bonchev–Trinajstić information content (AvgIpc) is 2.34. The Morgan fingerprint density at radius 2 is 2.36 bits per heavy atom. The fraction of sp³-hybridized carbons (Fsp3) is 0.333. The first-order valence-electron chi connectivity index (χ1n) is 3.05. The molecule has 1 aromatic heterocycles. The predicted octanol–water partition coefficient (Wildman–Crippen LogP) is 0.427. The molecule has 1 amide bonds. The number of hydrogen-bond donors (Lipinski definition) is 1. The number of aromatic nitrogens is 1. The van der Waals surface area contributed by atoms with Crippen molar-refractivity contribution in [2.45, 2.75) is 0 Å². The van der Waals surface area contributed by atoms with Crippen molar-refractivity contribution in [2.24, 2.45) is 0 Å². The molecule has 1 rings (SSSR count). The van der Waals surface area contributed by atoms with E-state index in [0.29, 0.717) is 10.7 Å². The highest BCUT2D eigenvalue weighted by Crippen LogP contribution is 2.12. The van der Waals surface area contributed by atoms with E-state index in [-0.39, 0.29) is 5.91 Å². The summed E-state index contributed by atoms with van der Waals surface area (Å²) in [7, 11) is 3.39. The van der Waals surface area contributed by atoms with Crippen LogP contribution >= 0.6 is 11.5 Å². The second-order valence-electron chi connectivity index (χ2n) is 2.32. The maximum absolute atomic E-state index is 11.2. The number of nitrogens with two attached hydrogens (primary N) is 1. The molecule has 0 aliphatic heterocycles. The lowest BCUT2D eigenvalue weighted by Gasteiger charge is -2.06. The van der Waals surface area contributed by atoms with Gasteiger partial charge in [0.25, 0.3) is 5.91 Å². The minimum absolute atomic E-state index is 0.0563. The van der Waals surface area contributed by atoms with Gasteiger partial charge in [0.15, 0.2) is 0 Å². The normalized spacial score (nSPS) is 9.64. The van der Waals surface area contributed by atoms with Gasteiger partial charge in [0.1, 0.15) is 10.7 Å². The number of nitrogens with zero attached hydrogens (tertiary/aromatic N) is 2. The van der Waals surface area contributed by atoms with E-state index in [9.17, 15) is 4.79 Å². The van der Waals surface area contributed by atoms with Crippen molar-refractivity contribution in [3.05, 3.63) is 10.9 Å². The molecule has 5 heteroatoms. The average molecular weight is 171 g/mol. The molecule has 0 atom stereocenters. The third-order valence-corrected chi connectivity index (χ3v) is 1.94. The number of anilines is 1. The molecule has 0 bridgehead atoms. The second-order valence-corrected chi connectivity index (χ2v) is 3.12. The molecular weight excluding hydrogens is 162 g/mol. The Kier molecular flexibility index (Phi) is 2.09. The zero-order valence-electron chi connectivity index (χ0n) is 6.37. The molecule has 0 unspecified atom stereocenters. The summed E-state index contributed by atoms with van der Waals surface area (Å²) in [5, 5.41) is 0. The van der Waals surface area contributed by atoms with Gasteiger partial charge in [-0.2, -0.15) is 4.37 Å². The molecule has 0 aliphatic rings. The lowest BCUT2D eigenvalue weighted by Crippen LogP contribution is -2.20. The Balaban J connectivity index is 2.85. The molecule has 0 radical (unpaired) electrons. The molecule has 0 saturated heterocycles. The molecule has 0 fully saturated rings. The minimum atomic E-state index is -0.0563. The van der Waals surface area contributed by atoms with Crippen LogP contribution in [0.3, 0.4) is 0 Å². The highest BCUT2D eigenvalue weighted by Gasteiger charge is 2.10. The van der Waals surface area contributed by atoms with Crippen molar-refractivity contribution in [1.29, 1.82) is 0 Å². The first-order valence-corrected chi connectivity index (χ1v) is 3.82. The molecule has 60 valence electrons. The molecule has 0 aliphatic carbocycles. The van der Waals surface area contributed by atoms with Crippen molar-refractivity contribution in [3.63, 3.8) is 0 Å². The summed E-state index contributed by atoms with van der Waals surface area (Å²) in [4.78, 5) is 13.3. The molecule has 0 spiro atoms. The maximum Gasteiger partial charge on any atom is 0.265 e. The zero-order chi connectivity index (χ0) is 8.43. The number of rotatable bonds is 1. The quantitative estimate of drug-likeness (QED) is 0.666. The van der Waals surface area contributed by atoms with Crippen LogP contribution in [-0.2, 0) is 0 Å². The van der Waals surface area contributed by atoms with Crippen LogP contribution in [0.5, 0.6) is 0 Å². The van der Waals surface area contributed by atoms with Gasteiger partial charge in [-0.25, -0.2) is 0 Å². The highest BCUT2D eigenvalue weighted by molar-refractivity contribution is 7.08. The van der Waals surface area contributed by atoms with E-state index in [2.05, 4.69) is 4.37 Å². The Labute approximate surface area is 68.8 Å². The fourth-order valence-electron chi connectivity index (χ4n) is 0.610. The first kappa shape index (κ1) is 8.00. The van der Waals surface area contributed by atoms with Gasteiger partial charge in [0.2, 0.25) is 0 Å². The number of carbonyl (C=O) groups is 1. The van der Waals surface area contributed by atoms with Gasteiger partial charge >= 0.3 is 0 Å². The van der Waals surface area contributed by atoms with Crippen LogP contribution in [0.2, 0.25) is 0 Å². The van der Waals surface area contributed by atoms with Crippen molar-refractivity contribution >= 4 is 23.3 Å². The Bertz CT molecular complexity index is 269. The van der Waals surface area contributed by atoms with E-state index < -0.39 is 0 Å². The van der Waals surface area contributed by atoms with Crippen LogP contribution in [0.1, 0.15) is 9.67 Å². The smallest absolute Gasteiger partial charge is 0.265 e. The minimum Gasteiger partial charge on any atom is -0.383 e. The monoisotopic (exact) mass is 171 g/mol. The van der Waals surface area contributed by atoms with Gasteiger partial charge in [-0.3, -0.25) is 4.79 Å². The highest BCUT2D eigenvalue weighted by atomic mass is 32.1. The first-order chi connectivity index (χ1) is 5.11. The zero-order valence-corrected chi connectivity index (χ0v) is 7.18. The van der Waals surface area contributed by atoms with Crippen LogP contribution < -0.4 is 5.73 Å². The summed E-state index contributed by atoms with van der Waals surface area (Å²) in [5.41, 5.74) is 5.35. The number of carbonyl (C=O) groups excluding carboxylic acids is 1. The lowest BCUT2D eigenvalue weighted by molar-refractivity contribution is 0.0832. The maximum atomic E-state index is 11.2. The van der Waals surface area contributed by atoms with Crippen LogP contribution in [0.15, 0.2) is 6.07 Å². The van der Waals surface area contributed by atoms with E-state index >= 15 is 0 Å². The summed E-state index contributed by atoms with van der Waals surface area (Å²) >= 11 is 1.12. The molecule has 11 heavy (non-hydrogen) atoms. The third-order valence-electron chi connectivity index (χ3n) is 1.15. The number of nitrogen functional groups attached to an aromatic ring is 1. The van der Waals surface area contributed by atoms with Crippen molar-refractivity contribution in [3.8, 4) is 0 Å². The molecule has 0 aromatic carbocycles. The SMILES string of the molecule is CN(C)C(=O)c1cc(N)ns1. The third kappa shape index (κ3) is 1.68. The predicted molar refractivity (Wildman–Crippen MR) is 44.5 cm³/mol. The molecule has 2 N–H and O–H groups in total. The van der Waals surface area contributed by atoms with Gasteiger partial charge < -0.3 is 10.6 Å². The topological polar surface area (TPSA) is 59.2 Å². The lowest BCUT2D eigenvalue weighted by atomic mass is 10.4. The Hall–Kier alpha value is -1.10. The van der Waals surface area contributed by atoms with Crippen LogP contribution in [0.25, 0.3) is 0 Å². The summed E-state index contributed by atoms with van der Waals surface area (Å²) in [6, 6.07) is 1.58. The Morgan fingerprint density at radius 1 is 1.73 bits per heavy atom. The fourth-order valence-corrected chi connectivity index (χ4v) is 1.30. The molecule has 1 heterocycles. The van der Waals surface area contributed by atoms with Crippen LogP contribution in [0.4, 0.5) is 5.82 Å². The largest absolute Gasteiger partial charge is 0.383 e. The van der Waals surface area contributed by atoms with Crippen molar-refractivity contribution in [2.75, 3.05) is 19.8 Å². The summed E-state index contributed by atoms with van der Waals surface area (Å²) in [6.45, 7) is 0. The standard InChI is InChI=1S/C6H9N3OS/c1-9(2)6(10)4-3-5(7)8-11-4/h3H,1-2H3,(H2,7,8).